The van der Waals surface area contributed by atoms with Crippen molar-refractivity contribution in [1.82, 2.24) is 19.4 Å². The SMILES string of the molecule is Cn1cnc2c1CC(CO)N(C(=O)c1ccnc3ccccc13)C2. The van der Waals surface area contributed by atoms with Gasteiger partial charge in [-0.25, -0.2) is 4.98 Å². The number of rotatable bonds is 2. The molecule has 6 heteroatoms. The van der Waals surface area contributed by atoms with Crippen molar-refractivity contribution in [2.75, 3.05) is 6.61 Å². The molecule has 0 saturated heterocycles. The van der Waals surface area contributed by atoms with Crippen LogP contribution in [0, 0.1) is 0 Å². The molecule has 0 spiro atoms. The molecule has 122 valence electrons. The van der Waals surface area contributed by atoms with E-state index < -0.39 is 0 Å². The monoisotopic (exact) mass is 322 g/mol. The Morgan fingerprint density at radius 2 is 2.12 bits per heavy atom. The third-order valence-corrected chi connectivity index (χ3v) is 4.69. The molecule has 0 fully saturated rings. The number of benzene rings is 1. The van der Waals surface area contributed by atoms with Crippen LogP contribution in [0.3, 0.4) is 0 Å². The number of pyridine rings is 1. The highest BCUT2D eigenvalue weighted by molar-refractivity contribution is 6.06. The van der Waals surface area contributed by atoms with E-state index in [0.717, 1.165) is 22.3 Å². The highest BCUT2D eigenvalue weighted by Gasteiger charge is 2.32. The van der Waals surface area contributed by atoms with Crippen LogP contribution in [0.1, 0.15) is 21.7 Å². The highest BCUT2D eigenvalue weighted by Crippen LogP contribution is 2.26. The first kappa shape index (κ1) is 14.8. The quantitative estimate of drug-likeness (QED) is 0.777. The van der Waals surface area contributed by atoms with Gasteiger partial charge in [0.1, 0.15) is 0 Å². The number of para-hydroxylation sites is 1. The van der Waals surface area contributed by atoms with Gasteiger partial charge in [0.25, 0.3) is 5.91 Å². The third kappa shape index (κ3) is 2.27. The summed E-state index contributed by atoms with van der Waals surface area (Å²) in [7, 11) is 1.94. The molecule has 3 aromatic rings. The van der Waals surface area contributed by atoms with Gasteiger partial charge in [-0.1, -0.05) is 18.2 Å². The lowest BCUT2D eigenvalue weighted by molar-refractivity contribution is 0.0538. The minimum atomic E-state index is -0.243. The Labute approximate surface area is 139 Å². The second kappa shape index (κ2) is 5.72. The minimum Gasteiger partial charge on any atom is -0.394 e. The van der Waals surface area contributed by atoms with Crippen molar-refractivity contribution in [3.63, 3.8) is 0 Å². The fraction of sp³-hybridized carbons (Fsp3) is 0.278. The van der Waals surface area contributed by atoms with Crippen LogP contribution in [0.4, 0.5) is 0 Å². The van der Waals surface area contributed by atoms with Crippen LogP contribution in [0.25, 0.3) is 10.9 Å². The molecule has 1 aliphatic heterocycles. The van der Waals surface area contributed by atoms with E-state index in [4.69, 9.17) is 0 Å². The fourth-order valence-corrected chi connectivity index (χ4v) is 3.36. The predicted molar refractivity (Wildman–Crippen MR) is 89.4 cm³/mol. The Hall–Kier alpha value is -2.73. The maximum absolute atomic E-state index is 13.2. The zero-order valence-electron chi connectivity index (χ0n) is 13.4. The number of carbonyl (C=O) groups is 1. The average molecular weight is 322 g/mol. The number of hydrogen-bond donors (Lipinski definition) is 1. The van der Waals surface area contributed by atoms with E-state index in [2.05, 4.69) is 9.97 Å². The van der Waals surface area contributed by atoms with E-state index >= 15 is 0 Å². The molecule has 0 saturated carbocycles. The molecule has 4 rings (SSSR count). The van der Waals surface area contributed by atoms with Crippen molar-refractivity contribution in [2.45, 2.75) is 19.0 Å². The molecule has 0 aliphatic carbocycles. The minimum absolute atomic E-state index is 0.0701. The number of aromatic nitrogens is 3. The third-order valence-electron chi connectivity index (χ3n) is 4.69. The van der Waals surface area contributed by atoms with Gasteiger partial charge in [-0.3, -0.25) is 9.78 Å². The normalized spacial score (nSPS) is 17.1. The Morgan fingerprint density at radius 3 is 2.96 bits per heavy atom. The lowest BCUT2D eigenvalue weighted by Gasteiger charge is -2.34. The molecule has 6 nitrogen and oxygen atoms in total. The number of aliphatic hydroxyl groups is 1. The Kier molecular flexibility index (Phi) is 3.54. The second-order valence-electron chi connectivity index (χ2n) is 6.10. The van der Waals surface area contributed by atoms with Gasteiger partial charge in [-0.05, 0) is 12.1 Å². The lowest BCUT2D eigenvalue weighted by Crippen LogP contribution is -2.46. The van der Waals surface area contributed by atoms with E-state index in [1.165, 1.54) is 0 Å². The fourth-order valence-electron chi connectivity index (χ4n) is 3.36. The topological polar surface area (TPSA) is 71.2 Å². The van der Waals surface area contributed by atoms with Crippen molar-refractivity contribution in [2.24, 2.45) is 7.05 Å². The van der Waals surface area contributed by atoms with Crippen molar-refractivity contribution in [3.8, 4) is 0 Å². The van der Waals surface area contributed by atoms with Crippen molar-refractivity contribution >= 4 is 16.8 Å². The van der Waals surface area contributed by atoms with E-state index in [0.29, 0.717) is 18.5 Å². The van der Waals surface area contributed by atoms with Crippen LogP contribution < -0.4 is 0 Å². The Balaban J connectivity index is 1.75. The van der Waals surface area contributed by atoms with Crippen LogP contribution in [0.5, 0.6) is 0 Å². The number of hydrogen-bond acceptors (Lipinski definition) is 4. The average Bonchev–Trinajstić information content (AvgIpc) is 2.99. The van der Waals surface area contributed by atoms with Crippen molar-refractivity contribution < 1.29 is 9.90 Å². The number of aryl methyl sites for hydroxylation is 1. The largest absolute Gasteiger partial charge is 0.394 e. The number of aliphatic hydroxyl groups excluding tert-OH is 1. The van der Waals surface area contributed by atoms with E-state index in [-0.39, 0.29) is 18.6 Å². The molecule has 0 radical (unpaired) electrons. The van der Waals surface area contributed by atoms with Gasteiger partial charge < -0.3 is 14.6 Å². The number of fused-ring (bicyclic) bond motifs is 2. The number of amides is 1. The molecule has 1 unspecified atom stereocenters. The molecule has 1 amide bonds. The molecule has 3 heterocycles. The highest BCUT2D eigenvalue weighted by atomic mass is 16.3. The maximum Gasteiger partial charge on any atom is 0.255 e. The van der Waals surface area contributed by atoms with Crippen LogP contribution in [-0.4, -0.2) is 43.1 Å². The molecule has 1 aliphatic rings. The standard InChI is InChI=1S/C18H18N4O2/c1-21-11-20-16-9-22(12(10-23)8-17(16)21)18(24)14-6-7-19-15-5-3-2-4-13(14)15/h2-7,11-12,23H,8-10H2,1H3. The first-order chi connectivity index (χ1) is 11.7. The van der Waals surface area contributed by atoms with Crippen LogP contribution in [-0.2, 0) is 20.0 Å². The second-order valence-corrected chi connectivity index (χ2v) is 6.10. The smallest absolute Gasteiger partial charge is 0.255 e. The summed E-state index contributed by atoms with van der Waals surface area (Å²) in [5.41, 5.74) is 3.38. The van der Waals surface area contributed by atoms with Gasteiger partial charge in [-0.2, -0.15) is 0 Å². The Bertz CT molecular complexity index is 913. The van der Waals surface area contributed by atoms with Crippen LogP contribution >= 0.6 is 0 Å². The molecule has 1 atom stereocenters. The first-order valence-electron chi connectivity index (χ1n) is 7.93. The van der Waals surface area contributed by atoms with Gasteiger partial charge >= 0.3 is 0 Å². The summed E-state index contributed by atoms with van der Waals surface area (Å²) in [4.78, 5) is 23.6. The van der Waals surface area contributed by atoms with E-state index in [1.807, 2.05) is 35.9 Å². The van der Waals surface area contributed by atoms with Gasteiger partial charge in [-0.15, -0.1) is 0 Å². The summed E-state index contributed by atoms with van der Waals surface area (Å²) in [5, 5.41) is 10.6. The summed E-state index contributed by atoms with van der Waals surface area (Å²) in [6.07, 6.45) is 4.02. The molecule has 0 bridgehead atoms. The Morgan fingerprint density at radius 1 is 1.29 bits per heavy atom. The van der Waals surface area contributed by atoms with E-state index in [1.54, 1.807) is 23.5 Å². The van der Waals surface area contributed by atoms with Crippen molar-refractivity contribution in [1.29, 1.82) is 0 Å². The summed E-state index contributed by atoms with van der Waals surface area (Å²) >= 11 is 0. The van der Waals surface area contributed by atoms with Gasteiger partial charge in [0.2, 0.25) is 0 Å². The van der Waals surface area contributed by atoms with Gasteiger partial charge in [0.05, 0.1) is 42.3 Å². The number of carbonyl (C=O) groups excluding carboxylic acids is 1. The molecule has 1 N–H and O–H groups in total. The van der Waals surface area contributed by atoms with Crippen molar-refractivity contribution in [3.05, 3.63) is 59.8 Å². The summed E-state index contributed by atoms with van der Waals surface area (Å²) in [5.74, 6) is -0.0936. The molecule has 2 aromatic heterocycles. The number of nitrogens with zero attached hydrogens (tertiary/aromatic N) is 4. The lowest BCUT2D eigenvalue weighted by atomic mass is 10.0. The van der Waals surface area contributed by atoms with Gasteiger partial charge in [0, 0.05) is 30.7 Å². The van der Waals surface area contributed by atoms with Crippen LogP contribution in [0.15, 0.2) is 42.9 Å². The number of imidazole rings is 1. The summed E-state index contributed by atoms with van der Waals surface area (Å²) < 4.78 is 1.96. The zero-order valence-corrected chi connectivity index (χ0v) is 13.4. The maximum atomic E-state index is 13.2. The summed E-state index contributed by atoms with van der Waals surface area (Å²) in [6, 6.07) is 9.10. The van der Waals surface area contributed by atoms with Crippen LogP contribution in [0.2, 0.25) is 0 Å². The zero-order chi connectivity index (χ0) is 16.7. The first-order valence-corrected chi connectivity index (χ1v) is 7.93. The van der Waals surface area contributed by atoms with E-state index in [9.17, 15) is 9.90 Å². The molecular formula is C18H18N4O2. The van der Waals surface area contributed by atoms with Gasteiger partial charge in [0.15, 0.2) is 0 Å². The molecular weight excluding hydrogens is 304 g/mol. The summed E-state index contributed by atoms with van der Waals surface area (Å²) in [6.45, 7) is 0.344. The molecule has 24 heavy (non-hydrogen) atoms. The predicted octanol–water partition coefficient (Wildman–Crippen LogP) is 1.53. The molecule has 1 aromatic carbocycles.